The summed E-state index contributed by atoms with van der Waals surface area (Å²) in [4.78, 5) is 3.83. The van der Waals surface area contributed by atoms with Gasteiger partial charge in [-0.1, -0.05) is 0 Å². The van der Waals surface area contributed by atoms with Crippen LogP contribution in [-0.2, 0) is 0 Å². The molecule has 0 fully saturated rings. The van der Waals surface area contributed by atoms with E-state index in [1.807, 2.05) is 7.05 Å². The summed E-state index contributed by atoms with van der Waals surface area (Å²) in [6, 6.07) is 0. The molecule has 8 heavy (non-hydrogen) atoms. The van der Waals surface area contributed by atoms with Gasteiger partial charge < -0.3 is 10.6 Å². The molecule has 0 saturated carbocycles. The van der Waals surface area contributed by atoms with Gasteiger partial charge in [-0.25, -0.2) is 0 Å². The molecule has 1 aliphatic rings. The van der Waals surface area contributed by atoms with E-state index in [1.165, 1.54) is 0 Å². The van der Waals surface area contributed by atoms with E-state index >= 15 is 0 Å². The van der Waals surface area contributed by atoms with E-state index in [0.717, 1.165) is 5.82 Å². The maximum Gasteiger partial charge on any atom is 0.151 e. The highest BCUT2D eigenvalue weighted by Crippen LogP contribution is 1.86. The first-order chi connectivity index (χ1) is 3.93. The van der Waals surface area contributed by atoms with Gasteiger partial charge in [-0.05, 0) is 0 Å². The van der Waals surface area contributed by atoms with Gasteiger partial charge in [0.05, 0.1) is 6.20 Å². The quantitative estimate of drug-likeness (QED) is 0.489. The fourth-order valence-electron chi connectivity index (χ4n) is 0.420. The molecule has 0 atom stereocenters. The van der Waals surface area contributed by atoms with Crippen LogP contribution in [0.5, 0.6) is 0 Å². The largest absolute Gasteiger partial charge is 0.371 e. The van der Waals surface area contributed by atoms with Gasteiger partial charge in [0.25, 0.3) is 0 Å². The van der Waals surface area contributed by atoms with Crippen molar-refractivity contribution in [2.45, 2.75) is 0 Å². The monoisotopic (exact) mass is 109 g/mol. The van der Waals surface area contributed by atoms with Crippen LogP contribution >= 0.6 is 0 Å². The van der Waals surface area contributed by atoms with E-state index < -0.39 is 0 Å². The highest BCUT2D eigenvalue weighted by molar-refractivity contribution is 5.54. The smallest absolute Gasteiger partial charge is 0.151 e. The Bertz CT molecular complexity index is 163. The lowest BCUT2D eigenvalue weighted by Gasteiger charge is -1.99. The van der Waals surface area contributed by atoms with Gasteiger partial charge in [-0.3, -0.25) is 0 Å². The second-order valence-electron chi connectivity index (χ2n) is 1.33. The lowest BCUT2D eigenvalue weighted by atomic mass is 10.6. The summed E-state index contributed by atoms with van der Waals surface area (Å²) in [5.74, 6) is 3.44. The van der Waals surface area contributed by atoms with Crippen molar-refractivity contribution in [3.63, 3.8) is 0 Å². The first-order valence-electron chi connectivity index (χ1n) is 2.35. The molecule has 3 heteroatoms. The van der Waals surface area contributed by atoms with Crippen LogP contribution < -0.4 is 10.6 Å². The zero-order valence-electron chi connectivity index (χ0n) is 4.60. The number of nitrogens with zero attached hydrogens (tertiary/aromatic N) is 1. The van der Waals surface area contributed by atoms with Crippen molar-refractivity contribution in [1.29, 1.82) is 0 Å². The second-order valence-corrected chi connectivity index (χ2v) is 1.33. The summed E-state index contributed by atoms with van der Waals surface area (Å²) >= 11 is 0. The standard InChI is InChI=1S/C5H7N3/c1-6-5-4-7-2-3-8-5/h2,4,6-7H,1H3. The van der Waals surface area contributed by atoms with Crippen molar-refractivity contribution in [2.24, 2.45) is 4.99 Å². The van der Waals surface area contributed by atoms with Crippen LogP contribution in [0, 0.1) is 0 Å². The van der Waals surface area contributed by atoms with Crippen LogP contribution in [0.25, 0.3) is 0 Å². The Labute approximate surface area is 47.8 Å². The Kier molecular flexibility index (Phi) is 1.35. The van der Waals surface area contributed by atoms with E-state index in [-0.39, 0.29) is 0 Å². The molecule has 0 amide bonds. The summed E-state index contributed by atoms with van der Waals surface area (Å²) in [5, 5.41) is 5.68. The normalized spacial score (nSPS) is 14.9. The SMILES string of the molecule is CNC1=CNC=C=N1. The molecular formula is C5H7N3. The van der Waals surface area contributed by atoms with Crippen LogP contribution in [0.15, 0.2) is 23.2 Å². The van der Waals surface area contributed by atoms with Gasteiger partial charge in [-0.2, -0.15) is 4.99 Å². The highest BCUT2D eigenvalue weighted by atomic mass is 15.0. The van der Waals surface area contributed by atoms with Gasteiger partial charge in [0, 0.05) is 19.1 Å². The molecule has 1 aliphatic heterocycles. The second kappa shape index (κ2) is 2.19. The van der Waals surface area contributed by atoms with Crippen LogP contribution in [0.3, 0.4) is 0 Å². The van der Waals surface area contributed by atoms with Crippen molar-refractivity contribution >= 4 is 5.87 Å². The lowest BCUT2D eigenvalue weighted by Crippen LogP contribution is -2.09. The van der Waals surface area contributed by atoms with Crippen LogP contribution in [0.4, 0.5) is 0 Å². The molecule has 0 spiro atoms. The van der Waals surface area contributed by atoms with Gasteiger partial charge in [-0.15, -0.1) is 0 Å². The van der Waals surface area contributed by atoms with E-state index in [0.29, 0.717) is 0 Å². The third kappa shape index (κ3) is 0.891. The van der Waals surface area contributed by atoms with Gasteiger partial charge in [0.1, 0.15) is 0 Å². The summed E-state index contributed by atoms with van der Waals surface area (Å²) in [5.41, 5.74) is 0. The number of hydrogen-bond acceptors (Lipinski definition) is 3. The Hall–Kier alpha value is -1.21. The Balaban J connectivity index is 2.68. The average Bonchev–Trinajstić information content (AvgIpc) is 1.90. The molecule has 1 heterocycles. The molecule has 0 aromatic heterocycles. The predicted octanol–water partition coefficient (Wildman–Crippen LogP) is -0.209. The first kappa shape index (κ1) is 4.94. The average molecular weight is 109 g/mol. The fraction of sp³-hybridized carbons (Fsp3) is 0.200. The Morgan fingerprint density at radius 1 is 1.88 bits per heavy atom. The van der Waals surface area contributed by atoms with E-state index in [9.17, 15) is 0 Å². The zero-order valence-corrected chi connectivity index (χ0v) is 4.60. The third-order valence-corrected chi connectivity index (χ3v) is 0.809. The molecule has 0 saturated heterocycles. The van der Waals surface area contributed by atoms with E-state index in [2.05, 4.69) is 21.5 Å². The number of rotatable bonds is 1. The molecule has 0 radical (unpaired) electrons. The van der Waals surface area contributed by atoms with Crippen molar-refractivity contribution < 1.29 is 0 Å². The summed E-state index contributed by atoms with van der Waals surface area (Å²) in [6.45, 7) is 0. The number of aliphatic imine (C=N–C) groups is 1. The third-order valence-electron chi connectivity index (χ3n) is 0.809. The van der Waals surface area contributed by atoms with Crippen molar-refractivity contribution in [3.05, 3.63) is 18.2 Å². The predicted molar refractivity (Wildman–Crippen MR) is 32.3 cm³/mol. The number of nitrogens with one attached hydrogen (secondary N) is 2. The first-order valence-corrected chi connectivity index (χ1v) is 2.35. The summed E-state index contributed by atoms with van der Waals surface area (Å²) in [6.07, 6.45) is 3.40. The van der Waals surface area contributed by atoms with Crippen LogP contribution in [0.1, 0.15) is 0 Å². The minimum Gasteiger partial charge on any atom is -0.371 e. The minimum atomic E-state index is 0.799. The van der Waals surface area contributed by atoms with Crippen LogP contribution in [0.2, 0.25) is 0 Å². The molecule has 3 nitrogen and oxygen atoms in total. The van der Waals surface area contributed by atoms with Gasteiger partial charge >= 0.3 is 0 Å². The molecule has 0 bridgehead atoms. The molecule has 1 rings (SSSR count). The molecule has 2 N–H and O–H groups in total. The topological polar surface area (TPSA) is 36.4 Å². The maximum absolute atomic E-state index is 3.83. The van der Waals surface area contributed by atoms with Gasteiger partial charge in [0.2, 0.25) is 0 Å². The van der Waals surface area contributed by atoms with Crippen molar-refractivity contribution in [1.82, 2.24) is 10.6 Å². The highest BCUT2D eigenvalue weighted by Gasteiger charge is 1.86. The van der Waals surface area contributed by atoms with E-state index in [1.54, 1.807) is 12.4 Å². The molecular weight excluding hydrogens is 102 g/mol. The molecule has 0 aliphatic carbocycles. The molecule has 0 aromatic carbocycles. The van der Waals surface area contributed by atoms with E-state index in [4.69, 9.17) is 0 Å². The Morgan fingerprint density at radius 3 is 3.12 bits per heavy atom. The zero-order chi connectivity index (χ0) is 5.82. The van der Waals surface area contributed by atoms with Crippen LogP contribution in [-0.4, -0.2) is 12.9 Å². The number of hydrogen-bond donors (Lipinski definition) is 2. The summed E-state index contributed by atoms with van der Waals surface area (Å²) < 4.78 is 0. The lowest BCUT2D eigenvalue weighted by molar-refractivity contribution is 0.932. The van der Waals surface area contributed by atoms with Gasteiger partial charge in [0.15, 0.2) is 5.82 Å². The maximum atomic E-state index is 3.83. The van der Waals surface area contributed by atoms with Crippen molar-refractivity contribution in [3.8, 4) is 0 Å². The molecule has 0 aromatic rings. The minimum absolute atomic E-state index is 0.799. The molecule has 42 valence electrons. The summed E-state index contributed by atoms with van der Waals surface area (Å²) in [7, 11) is 1.81. The fourth-order valence-corrected chi connectivity index (χ4v) is 0.420. The Morgan fingerprint density at radius 2 is 2.75 bits per heavy atom. The van der Waals surface area contributed by atoms with Crippen molar-refractivity contribution in [2.75, 3.05) is 7.05 Å². The molecule has 0 unspecified atom stereocenters.